The number of carboxylic acid groups (broad SMARTS) is 2. The minimum absolute atomic E-state index is 0.0160. The molecule has 20 heteroatoms. The number of oxime groups is 1. The first-order valence-electron chi connectivity index (χ1n) is 13.9. The van der Waals surface area contributed by atoms with Gasteiger partial charge in [-0.25, -0.2) is 14.2 Å². The third-order valence-corrected chi connectivity index (χ3v) is 9.15. The molecule has 0 unspecified atom stereocenters. The number of anilines is 2. The van der Waals surface area contributed by atoms with Crippen molar-refractivity contribution in [2.75, 3.05) is 30.8 Å². The van der Waals surface area contributed by atoms with E-state index in [0.29, 0.717) is 23.7 Å². The van der Waals surface area contributed by atoms with Crippen LogP contribution in [0.15, 0.2) is 34.8 Å². The van der Waals surface area contributed by atoms with Crippen LogP contribution in [-0.2, 0) is 37.1 Å². The predicted molar refractivity (Wildman–Crippen MR) is 166 cm³/mol. The highest BCUT2D eigenvalue weighted by Gasteiger charge is 2.54. The van der Waals surface area contributed by atoms with Crippen LogP contribution in [0.2, 0.25) is 0 Å². The first kappa shape index (κ1) is 32.6. The number of aromatic nitrogens is 5. The molecule has 3 aromatic heterocycles. The molecule has 0 saturated carbocycles. The maximum absolute atomic E-state index is 13.4. The van der Waals surface area contributed by atoms with Crippen molar-refractivity contribution >= 4 is 75.0 Å². The molecule has 5 heterocycles. The number of nitrogens with one attached hydrogen (secondary N) is 2. The lowest BCUT2D eigenvalue weighted by Crippen LogP contribution is -2.71. The smallest absolute Gasteiger partial charge is 0.352 e. The average molecular weight is 675 g/mol. The zero-order chi connectivity index (χ0) is 33.3. The summed E-state index contributed by atoms with van der Waals surface area (Å²) in [6.45, 7) is 4.03. The Hall–Kier alpha value is -4.82. The summed E-state index contributed by atoms with van der Waals surface area (Å²) in [5.74, 6) is -3.88. The highest BCUT2D eigenvalue weighted by molar-refractivity contribution is 8.00. The van der Waals surface area contributed by atoms with Crippen LogP contribution in [0.1, 0.15) is 26.1 Å². The average Bonchev–Trinajstić information content (AvgIpc) is 3.58. The molecule has 1 saturated heterocycles. The van der Waals surface area contributed by atoms with Gasteiger partial charge in [-0.1, -0.05) is 5.16 Å². The van der Waals surface area contributed by atoms with Crippen molar-refractivity contribution in [1.82, 2.24) is 34.4 Å². The van der Waals surface area contributed by atoms with Crippen LogP contribution in [0.5, 0.6) is 0 Å². The zero-order valence-corrected chi connectivity index (χ0v) is 26.6. The molecule has 0 radical (unpaired) electrons. The summed E-state index contributed by atoms with van der Waals surface area (Å²) in [6.07, 6.45) is 2.60. The quantitative estimate of drug-likeness (QED) is 0.0417. The number of amides is 2. The molecule has 0 aliphatic carbocycles. The van der Waals surface area contributed by atoms with Crippen LogP contribution in [0.25, 0.3) is 11.2 Å². The van der Waals surface area contributed by atoms with E-state index in [0.717, 1.165) is 34.9 Å². The second-order valence-electron chi connectivity index (χ2n) is 10.8. The van der Waals surface area contributed by atoms with Crippen molar-refractivity contribution in [3.8, 4) is 0 Å². The number of aliphatic carboxylic acids is 2. The Kier molecular flexibility index (Phi) is 9.13. The predicted octanol–water partition coefficient (Wildman–Crippen LogP) is -1.03. The minimum atomic E-state index is -1.80. The number of carbonyl (C=O) groups is 4. The molecule has 2 aliphatic heterocycles. The van der Waals surface area contributed by atoms with Crippen LogP contribution in [0.3, 0.4) is 0 Å². The maximum atomic E-state index is 13.4. The Labute approximate surface area is 269 Å². The summed E-state index contributed by atoms with van der Waals surface area (Å²) >= 11 is 2.05. The monoisotopic (exact) mass is 674 g/mol. The number of fused-ring (bicyclic) bond motifs is 2. The van der Waals surface area contributed by atoms with E-state index in [1.54, 1.807) is 10.8 Å². The van der Waals surface area contributed by atoms with E-state index >= 15 is 0 Å². The Morgan fingerprint density at radius 1 is 1.26 bits per heavy atom. The van der Waals surface area contributed by atoms with Gasteiger partial charge in [0.2, 0.25) is 17.1 Å². The van der Waals surface area contributed by atoms with Gasteiger partial charge in [0.05, 0.1) is 6.20 Å². The molecule has 5 rings (SSSR count). The lowest BCUT2D eigenvalue weighted by Gasteiger charge is -2.49. The van der Waals surface area contributed by atoms with Gasteiger partial charge in [-0.2, -0.15) is 9.36 Å². The summed E-state index contributed by atoms with van der Waals surface area (Å²) in [7, 11) is 1.87. The van der Waals surface area contributed by atoms with Crippen molar-refractivity contribution < 1.29 is 38.8 Å². The van der Waals surface area contributed by atoms with Crippen molar-refractivity contribution in [3.63, 3.8) is 0 Å². The van der Waals surface area contributed by atoms with E-state index in [2.05, 4.69) is 30.1 Å². The van der Waals surface area contributed by atoms with E-state index in [9.17, 15) is 29.4 Å². The van der Waals surface area contributed by atoms with E-state index in [4.69, 9.17) is 16.3 Å². The first-order valence-corrected chi connectivity index (χ1v) is 15.7. The molecular weight excluding hydrogens is 642 g/mol. The standard InChI is InChI=1S/C26H31N11O7S2/c1-26(2,23(42)43)44-33-14(17-31-25(28)46-34-17)19(38)30-15-20(39)37-16(22(40)41)12(11-45-21(15)37)10-35-8-4-6-13-18(35)32-24(27)36(13)9-5-7-29-3/h4,6,8,15,21,27,29H,5,7,9-11H2,1-3H3,(H5,28,30,31,34,38,40,41,42,43)/p+1/b33-14-/t15-,21-/m1/s1. The lowest BCUT2D eigenvalue weighted by atomic mass is 10.0. The van der Waals surface area contributed by atoms with Gasteiger partial charge >= 0.3 is 23.5 Å². The van der Waals surface area contributed by atoms with Crippen molar-refractivity contribution in [2.24, 2.45) is 5.16 Å². The van der Waals surface area contributed by atoms with Crippen molar-refractivity contribution in [3.05, 3.63) is 35.4 Å². The number of hydrogen-bond acceptors (Lipinski definition) is 14. The fourth-order valence-corrected chi connectivity index (χ4v) is 6.64. The number of rotatable bonds is 13. The number of carbonyl (C=O) groups excluding carboxylic acids is 2. The van der Waals surface area contributed by atoms with Gasteiger partial charge in [-0.15, -0.1) is 11.8 Å². The molecule has 8 N–H and O–H groups in total. The number of nitrogens with zero attached hydrogens (tertiary/aromatic N) is 7. The Bertz CT molecular complexity index is 1780. The normalized spacial score (nSPS) is 18.4. The van der Waals surface area contributed by atoms with Crippen LogP contribution in [0, 0.1) is 0 Å². The van der Waals surface area contributed by atoms with Crippen molar-refractivity contribution in [1.29, 1.82) is 0 Å². The number of nitrogen functional groups attached to an aromatic ring is 2. The van der Waals surface area contributed by atoms with E-state index < -0.39 is 46.5 Å². The van der Waals surface area contributed by atoms with E-state index in [1.807, 2.05) is 23.7 Å². The van der Waals surface area contributed by atoms with Crippen LogP contribution in [-0.4, -0.2) is 99.8 Å². The number of β-lactam (4-membered cyclic amide) rings is 1. The Balaban J connectivity index is 1.38. The highest BCUT2D eigenvalue weighted by atomic mass is 32.2. The van der Waals surface area contributed by atoms with Gasteiger partial charge in [0.1, 0.15) is 29.2 Å². The number of nitrogens with two attached hydrogens (primary N) is 2. The van der Waals surface area contributed by atoms with Gasteiger partial charge in [0.15, 0.2) is 5.13 Å². The van der Waals surface area contributed by atoms with E-state index in [-0.39, 0.29) is 29.0 Å². The van der Waals surface area contributed by atoms with Crippen LogP contribution < -0.4 is 26.7 Å². The molecule has 46 heavy (non-hydrogen) atoms. The Morgan fingerprint density at radius 3 is 2.67 bits per heavy atom. The molecule has 18 nitrogen and oxygen atoms in total. The molecule has 2 amide bonds. The van der Waals surface area contributed by atoms with Gasteiger partial charge in [-0.3, -0.25) is 19.1 Å². The second-order valence-corrected chi connectivity index (χ2v) is 12.7. The van der Waals surface area contributed by atoms with Gasteiger partial charge < -0.3 is 37.2 Å². The molecule has 2 atom stereocenters. The summed E-state index contributed by atoms with van der Waals surface area (Å²) in [4.78, 5) is 65.3. The number of hydrogen-bond donors (Lipinski definition) is 6. The number of thioether (sulfide) groups is 1. The molecular formula is C26H32N11O7S2+. The molecule has 0 spiro atoms. The van der Waals surface area contributed by atoms with Crippen LogP contribution in [0.4, 0.5) is 11.1 Å². The third kappa shape index (κ3) is 6.17. The van der Waals surface area contributed by atoms with E-state index in [1.165, 1.54) is 25.6 Å². The number of pyridine rings is 1. The molecule has 3 aromatic rings. The summed E-state index contributed by atoms with van der Waals surface area (Å²) < 4.78 is 7.63. The molecule has 2 aliphatic rings. The summed E-state index contributed by atoms with van der Waals surface area (Å²) in [6, 6.07) is 2.59. The highest BCUT2D eigenvalue weighted by Crippen LogP contribution is 2.40. The van der Waals surface area contributed by atoms with Crippen LogP contribution >= 0.6 is 23.3 Å². The third-order valence-electron chi connectivity index (χ3n) is 7.26. The maximum Gasteiger partial charge on any atom is 0.352 e. The number of imidazole rings is 1. The number of aryl methyl sites for hydroxylation is 1. The molecule has 0 bridgehead atoms. The van der Waals surface area contributed by atoms with Gasteiger partial charge in [0.25, 0.3) is 11.8 Å². The minimum Gasteiger partial charge on any atom is -0.478 e. The van der Waals surface area contributed by atoms with Gasteiger partial charge in [-0.05, 0) is 51.0 Å². The summed E-state index contributed by atoms with van der Waals surface area (Å²) in [5.41, 5.74) is 11.2. The lowest BCUT2D eigenvalue weighted by molar-refractivity contribution is -0.664. The SMILES string of the molecule is CNCCCn1c(N)nc2c1ccc[n+]2CC1=C(C(=O)O)N2C(=O)[C@@H](NC(=O)/C(=N\OC(C)(C)C(=O)O)c3nsc(N)n3)[C@H]2SC1. The summed E-state index contributed by atoms with van der Waals surface area (Å²) in [5, 5.41) is 28.1. The second kappa shape index (κ2) is 12.9. The van der Waals surface area contributed by atoms with Gasteiger partial charge in [0, 0.05) is 29.4 Å². The zero-order valence-electron chi connectivity index (χ0n) is 25.0. The fourth-order valence-electron chi connectivity index (χ4n) is 4.87. The molecule has 0 aromatic carbocycles. The first-order chi connectivity index (χ1) is 21.8. The Morgan fingerprint density at radius 2 is 2.02 bits per heavy atom. The topological polar surface area (TPSA) is 257 Å². The molecule has 244 valence electrons. The van der Waals surface area contributed by atoms with Crippen molar-refractivity contribution in [2.45, 2.75) is 50.4 Å². The largest absolute Gasteiger partial charge is 0.478 e. The fraction of sp³-hybridized carbons (Fsp3) is 0.423. The molecule has 1 fully saturated rings. The number of carboxylic acids is 2.